The zero-order valence-corrected chi connectivity index (χ0v) is 7.31. The molecule has 11 heavy (non-hydrogen) atoms. The van der Waals surface area contributed by atoms with Crippen LogP contribution in [0.2, 0.25) is 0 Å². The Morgan fingerprint density at radius 3 is 2.00 bits per heavy atom. The van der Waals surface area contributed by atoms with Crippen LogP contribution in [0, 0.1) is 29.1 Å². The van der Waals surface area contributed by atoms with Gasteiger partial charge in [0.25, 0.3) is 0 Å². The number of terminal acetylenes is 1. The van der Waals surface area contributed by atoms with Crippen molar-refractivity contribution in [3.63, 3.8) is 0 Å². The van der Waals surface area contributed by atoms with E-state index >= 15 is 0 Å². The summed E-state index contributed by atoms with van der Waals surface area (Å²) in [5.41, 5.74) is 4.62. The van der Waals surface area contributed by atoms with E-state index in [9.17, 15) is 0 Å². The van der Waals surface area contributed by atoms with Crippen molar-refractivity contribution >= 4 is 0 Å². The van der Waals surface area contributed by atoms with Gasteiger partial charge in [0.2, 0.25) is 0 Å². The van der Waals surface area contributed by atoms with Gasteiger partial charge in [0.15, 0.2) is 0 Å². The molecule has 0 radical (unpaired) electrons. The molecule has 2 N–H and O–H groups in total. The minimum absolute atomic E-state index is 0.378. The molecule has 2 nitrogen and oxygen atoms in total. The standard InChI is InChI=1S/C9H14N2/c1-5-9(4,7-10)6-8(2,3)11/h1H,6,11H2,2-4H3. The van der Waals surface area contributed by atoms with E-state index in [2.05, 4.69) is 12.0 Å². The lowest BCUT2D eigenvalue weighted by Gasteiger charge is -2.25. The molecule has 0 aliphatic carbocycles. The maximum atomic E-state index is 8.70. The fraction of sp³-hybridized carbons (Fsp3) is 0.667. The van der Waals surface area contributed by atoms with Crippen LogP contribution in [-0.2, 0) is 0 Å². The normalized spacial score (nSPS) is 16.2. The molecule has 60 valence electrons. The molecule has 1 unspecified atom stereocenters. The fourth-order valence-electron chi connectivity index (χ4n) is 1.03. The number of rotatable bonds is 2. The van der Waals surface area contributed by atoms with Crippen molar-refractivity contribution in [3.8, 4) is 18.4 Å². The number of nitriles is 1. The Morgan fingerprint density at radius 2 is 1.91 bits per heavy atom. The van der Waals surface area contributed by atoms with Gasteiger partial charge in [0.1, 0.15) is 5.41 Å². The smallest absolute Gasteiger partial charge is 0.116 e. The molecule has 0 aromatic rings. The molecule has 0 aromatic heterocycles. The lowest BCUT2D eigenvalue weighted by atomic mass is 9.81. The Bertz CT molecular complexity index is 195. The molecule has 0 heterocycles. The molecule has 0 saturated carbocycles. The number of nitrogens with two attached hydrogens (primary N) is 1. The average Bonchev–Trinajstić information content (AvgIpc) is 1.84. The summed E-state index contributed by atoms with van der Waals surface area (Å²) >= 11 is 0. The molecule has 0 saturated heterocycles. The Kier molecular flexibility index (Phi) is 2.68. The van der Waals surface area contributed by atoms with Crippen LogP contribution in [0.15, 0.2) is 0 Å². The van der Waals surface area contributed by atoms with Crippen LogP contribution in [0.25, 0.3) is 0 Å². The summed E-state index contributed by atoms with van der Waals surface area (Å²) in [5.74, 6) is 2.44. The van der Waals surface area contributed by atoms with Gasteiger partial charge in [-0.25, -0.2) is 0 Å². The predicted molar refractivity (Wildman–Crippen MR) is 45.4 cm³/mol. The second-order valence-electron chi connectivity index (χ2n) is 3.75. The molecule has 0 fully saturated rings. The van der Waals surface area contributed by atoms with Gasteiger partial charge in [-0.1, -0.05) is 5.92 Å². The fourth-order valence-corrected chi connectivity index (χ4v) is 1.03. The van der Waals surface area contributed by atoms with Crippen LogP contribution in [0.4, 0.5) is 0 Å². The highest BCUT2D eigenvalue weighted by Gasteiger charge is 2.27. The topological polar surface area (TPSA) is 49.8 Å². The van der Waals surface area contributed by atoms with Crippen molar-refractivity contribution in [2.45, 2.75) is 32.7 Å². The van der Waals surface area contributed by atoms with Gasteiger partial charge in [0.05, 0.1) is 6.07 Å². The van der Waals surface area contributed by atoms with Gasteiger partial charge < -0.3 is 5.73 Å². The van der Waals surface area contributed by atoms with Crippen molar-refractivity contribution in [2.24, 2.45) is 11.1 Å². The highest BCUT2D eigenvalue weighted by molar-refractivity contribution is 5.17. The molecule has 2 heteroatoms. The van der Waals surface area contributed by atoms with Gasteiger partial charge in [-0.15, -0.1) is 6.42 Å². The van der Waals surface area contributed by atoms with Crippen LogP contribution in [0.3, 0.4) is 0 Å². The summed E-state index contributed by atoms with van der Waals surface area (Å²) in [6.45, 7) is 5.45. The van der Waals surface area contributed by atoms with Crippen LogP contribution in [-0.4, -0.2) is 5.54 Å². The Labute approximate surface area is 68.4 Å². The molecule has 0 spiro atoms. The van der Waals surface area contributed by atoms with Gasteiger partial charge in [0, 0.05) is 5.54 Å². The number of nitrogens with zero attached hydrogens (tertiary/aromatic N) is 1. The van der Waals surface area contributed by atoms with Crippen molar-refractivity contribution in [3.05, 3.63) is 0 Å². The van der Waals surface area contributed by atoms with Crippen LogP contribution in [0.1, 0.15) is 27.2 Å². The van der Waals surface area contributed by atoms with Gasteiger partial charge in [-0.05, 0) is 27.2 Å². The Balaban J connectivity index is 4.40. The quantitative estimate of drug-likeness (QED) is 0.603. The summed E-state index contributed by atoms with van der Waals surface area (Å²) in [4.78, 5) is 0. The lowest BCUT2D eigenvalue weighted by molar-refractivity contribution is 0.374. The minimum atomic E-state index is -0.724. The maximum Gasteiger partial charge on any atom is 0.116 e. The second-order valence-corrected chi connectivity index (χ2v) is 3.75. The number of hydrogen-bond donors (Lipinski definition) is 1. The van der Waals surface area contributed by atoms with Crippen LogP contribution in [0.5, 0.6) is 0 Å². The molecule has 0 aliphatic heterocycles. The average molecular weight is 150 g/mol. The molecule has 0 rings (SSSR count). The molecule has 0 amide bonds. The zero-order chi connectivity index (χ0) is 9.12. The van der Waals surface area contributed by atoms with Crippen molar-refractivity contribution in [1.82, 2.24) is 0 Å². The van der Waals surface area contributed by atoms with Crippen molar-refractivity contribution < 1.29 is 0 Å². The molecule has 0 aliphatic rings. The van der Waals surface area contributed by atoms with E-state index < -0.39 is 5.41 Å². The summed E-state index contributed by atoms with van der Waals surface area (Å²) in [6, 6.07) is 2.07. The Morgan fingerprint density at radius 1 is 1.45 bits per heavy atom. The third-order valence-corrected chi connectivity index (χ3v) is 1.37. The molecule has 0 aromatic carbocycles. The summed E-state index contributed by atoms with van der Waals surface area (Å²) in [6.07, 6.45) is 5.72. The zero-order valence-electron chi connectivity index (χ0n) is 7.31. The lowest BCUT2D eigenvalue weighted by Crippen LogP contribution is -2.37. The molecular weight excluding hydrogens is 136 g/mol. The van der Waals surface area contributed by atoms with E-state index in [1.165, 1.54) is 0 Å². The van der Waals surface area contributed by atoms with Crippen molar-refractivity contribution in [1.29, 1.82) is 5.26 Å². The Hall–Kier alpha value is -0.990. The first-order valence-electron chi connectivity index (χ1n) is 3.51. The second kappa shape index (κ2) is 2.95. The largest absolute Gasteiger partial charge is 0.325 e. The summed E-state index contributed by atoms with van der Waals surface area (Å²) in [7, 11) is 0. The number of hydrogen-bond acceptors (Lipinski definition) is 2. The first-order valence-corrected chi connectivity index (χ1v) is 3.51. The highest BCUT2D eigenvalue weighted by atomic mass is 14.7. The van der Waals surface area contributed by atoms with Gasteiger partial charge in [-0.2, -0.15) is 5.26 Å². The SMILES string of the molecule is C#CC(C)(C#N)CC(C)(C)N. The van der Waals surface area contributed by atoms with E-state index in [1.807, 2.05) is 13.8 Å². The van der Waals surface area contributed by atoms with E-state index in [4.69, 9.17) is 17.4 Å². The first-order chi connectivity index (χ1) is 4.83. The molecular formula is C9H14N2. The van der Waals surface area contributed by atoms with E-state index in [-0.39, 0.29) is 5.54 Å². The summed E-state index contributed by atoms with van der Waals surface area (Å²) < 4.78 is 0. The minimum Gasteiger partial charge on any atom is -0.325 e. The van der Waals surface area contributed by atoms with Gasteiger partial charge in [-0.3, -0.25) is 0 Å². The third-order valence-electron chi connectivity index (χ3n) is 1.37. The van der Waals surface area contributed by atoms with Crippen LogP contribution >= 0.6 is 0 Å². The molecule has 1 atom stereocenters. The monoisotopic (exact) mass is 150 g/mol. The van der Waals surface area contributed by atoms with E-state index in [1.54, 1.807) is 6.92 Å². The van der Waals surface area contributed by atoms with Crippen LogP contribution < -0.4 is 5.73 Å². The van der Waals surface area contributed by atoms with E-state index in [0.717, 1.165) is 0 Å². The third kappa shape index (κ3) is 3.65. The van der Waals surface area contributed by atoms with Gasteiger partial charge >= 0.3 is 0 Å². The van der Waals surface area contributed by atoms with E-state index in [0.29, 0.717) is 6.42 Å². The first kappa shape index (κ1) is 10.0. The predicted octanol–water partition coefficient (Wildman–Crippen LogP) is 1.28. The highest BCUT2D eigenvalue weighted by Crippen LogP contribution is 2.24. The molecule has 0 bridgehead atoms. The van der Waals surface area contributed by atoms with Crippen molar-refractivity contribution in [2.75, 3.05) is 0 Å². The summed E-state index contributed by atoms with van der Waals surface area (Å²) in [5, 5.41) is 8.70. The maximum absolute atomic E-state index is 8.70.